The van der Waals surface area contributed by atoms with Gasteiger partial charge in [-0.15, -0.1) is 0 Å². The molecular formula is C12H17O+. The van der Waals surface area contributed by atoms with Gasteiger partial charge in [-0.1, -0.05) is 30.3 Å². The highest BCUT2D eigenvalue weighted by molar-refractivity contribution is 5.13. The molecule has 0 spiro atoms. The fourth-order valence-corrected chi connectivity index (χ4v) is 0.962. The lowest BCUT2D eigenvalue weighted by atomic mass is 9.99. The molecule has 1 rings (SSSR count). The maximum atomic E-state index is 5.46. The van der Waals surface area contributed by atoms with E-state index in [1.807, 2.05) is 24.8 Å². The third kappa shape index (κ3) is 4.58. The largest absolute Gasteiger partial charge is 0.232 e. The minimum Gasteiger partial charge on any atom is -0.191 e. The van der Waals surface area contributed by atoms with Gasteiger partial charge in [0, 0.05) is 0 Å². The zero-order valence-electron chi connectivity index (χ0n) is 8.58. The molecule has 1 aromatic rings. The van der Waals surface area contributed by atoms with E-state index < -0.39 is 0 Å². The second-order valence-corrected chi connectivity index (χ2v) is 4.28. The van der Waals surface area contributed by atoms with Gasteiger partial charge in [-0.25, -0.2) is 0 Å². The van der Waals surface area contributed by atoms with Crippen molar-refractivity contribution in [1.29, 1.82) is 0 Å². The van der Waals surface area contributed by atoms with Crippen LogP contribution in [0.5, 0.6) is 0 Å². The smallest absolute Gasteiger partial charge is 0.191 e. The highest BCUT2D eigenvalue weighted by Gasteiger charge is 2.21. The molecule has 13 heavy (non-hydrogen) atoms. The van der Waals surface area contributed by atoms with Gasteiger partial charge in [0.2, 0.25) is 6.61 Å². The van der Waals surface area contributed by atoms with E-state index in [1.165, 1.54) is 5.56 Å². The molecule has 70 valence electrons. The fraction of sp³-hybridized carbons (Fsp3) is 0.417. The van der Waals surface area contributed by atoms with Gasteiger partial charge in [0.25, 0.3) is 0 Å². The van der Waals surface area contributed by atoms with Crippen LogP contribution in [0.25, 0.3) is 0 Å². The van der Waals surface area contributed by atoms with E-state index in [4.69, 9.17) is 4.74 Å². The topological polar surface area (TPSA) is 9.23 Å². The third-order valence-electron chi connectivity index (χ3n) is 1.53. The highest BCUT2D eigenvalue weighted by Crippen LogP contribution is 2.18. The Kier molecular flexibility index (Phi) is 3.38. The van der Waals surface area contributed by atoms with Crippen LogP contribution in [0.3, 0.4) is 0 Å². The third-order valence-corrected chi connectivity index (χ3v) is 1.53. The van der Waals surface area contributed by atoms with E-state index in [0.717, 1.165) is 0 Å². The Labute approximate surface area is 80.7 Å². The first-order valence-corrected chi connectivity index (χ1v) is 4.58. The van der Waals surface area contributed by atoms with E-state index in [-0.39, 0.29) is 5.41 Å². The van der Waals surface area contributed by atoms with Crippen LogP contribution in [0.15, 0.2) is 30.3 Å². The normalized spacial score (nSPS) is 11.3. The lowest BCUT2D eigenvalue weighted by molar-refractivity contribution is 0.127. The average Bonchev–Trinajstić information content (AvgIpc) is 2.04. The van der Waals surface area contributed by atoms with Crippen molar-refractivity contribution in [2.24, 2.45) is 5.41 Å². The van der Waals surface area contributed by atoms with Crippen molar-refractivity contribution in [3.8, 4) is 0 Å². The highest BCUT2D eigenvalue weighted by atomic mass is 16.5. The molecule has 0 bridgehead atoms. The molecule has 0 fully saturated rings. The predicted molar refractivity (Wildman–Crippen MR) is 55.0 cm³/mol. The number of benzene rings is 1. The summed E-state index contributed by atoms with van der Waals surface area (Å²) in [6, 6.07) is 10.2. The second-order valence-electron chi connectivity index (χ2n) is 4.28. The summed E-state index contributed by atoms with van der Waals surface area (Å²) in [5, 5.41) is 0. The van der Waals surface area contributed by atoms with Crippen LogP contribution in [-0.4, -0.2) is 0 Å². The molecule has 0 heterocycles. The summed E-state index contributed by atoms with van der Waals surface area (Å²) >= 11 is 0. The molecule has 0 atom stereocenters. The standard InChI is InChI=1S/C12H17O/c1-12(2,3)10-13-9-11-7-5-4-6-8-11/h4-8,10H,9H2,1-3H3/q+1. The van der Waals surface area contributed by atoms with Gasteiger partial charge >= 0.3 is 0 Å². The van der Waals surface area contributed by atoms with Crippen molar-refractivity contribution in [1.82, 2.24) is 0 Å². The lowest BCUT2D eigenvalue weighted by Crippen LogP contribution is -2.08. The van der Waals surface area contributed by atoms with E-state index in [0.29, 0.717) is 6.61 Å². The predicted octanol–water partition coefficient (Wildman–Crippen LogP) is 3.41. The molecule has 0 amide bonds. The first kappa shape index (κ1) is 10.1. The summed E-state index contributed by atoms with van der Waals surface area (Å²) in [6.45, 7) is 8.92. The van der Waals surface area contributed by atoms with Crippen LogP contribution >= 0.6 is 0 Å². The number of ether oxygens (including phenoxy) is 1. The van der Waals surface area contributed by atoms with E-state index >= 15 is 0 Å². The molecule has 1 aromatic carbocycles. The molecule has 0 saturated heterocycles. The molecule has 1 heteroatoms. The summed E-state index contributed by atoms with van der Waals surface area (Å²) in [7, 11) is 0. The number of hydrogen-bond donors (Lipinski definition) is 0. The quantitative estimate of drug-likeness (QED) is 0.643. The summed E-state index contributed by atoms with van der Waals surface area (Å²) in [4.78, 5) is 0. The van der Waals surface area contributed by atoms with Crippen LogP contribution in [-0.2, 0) is 11.3 Å². The zero-order chi connectivity index (χ0) is 9.73. The van der Waals surface area contributed by atoms with Crippen molar-refractivity contribution in [3.05, 3.63) is 42.5 Å². The van der Waals surface area contributed by atoms with Crippen LogP contribution in [0.1, 0.15) is 26.3 Å². The zero-order valence-corrected chi connectivity index (χ0v) is 8.58. The van der Waals surface area contributed by atoms with Crippen molar-refractivity contribution in [3.63, 3.8) is 0 Å². The maximum Gasteiger partial charge on any atom is 0.232 e. The molecule has 0 N–H and O–H groups in total. The Morgan fingerprint density at radius 2 is 1.77 bits per heavy atom. The summed E-state index contributed by atoms with van der Waals surface area (Å²) in [5.74, 6) is 0. The van der Waals surface area contributed by atoms with Crippen LogP contribution < -0.4 is 0 Å². The first-order valence-electron chi connectivity index (χ1n) is 4.58. The van der Waals surface area contributed by atoms with Crippen molar-refractivity contribution in [2.75, 3.05) is 0 Å². The number of hydrogen-bond acceptors (Lipinski definition) is 1. The molecule has 0 aromatic heterocycles. The van der Waals surface area contributed by atoms with Gasteiger partial charge in [0.1, 0.15) is 12.0 Å². The number of rotatable bonds is 3. The second kappa shape index (κ2) is 4.33. The Morgan fingerprint density at radius 1 is 1.15 bits per heavy atom. The molecule has 0 saturated carbocycles. The van der Waals surface area contributed by atoms with Gasteiger partial charge < -0.3 is 0 Å². The van der Waals surface area contributed by atoms with E-state index in [1.54, 1.807) is 0 Å². The fourth-order valence-electron chi connectivity index (χ4n) is 0.962. The van der Waals surface area contributed by atoms with E-state index in [9.17, 15) is 0 Å². The molecule has 0 unspecified atom stereocenters. The SMILES string of the molecule is CC(C)(C)[CH+]OCc1ccccc1. The molecule has 0 aliphatic rings. The monoisotopic (exact) mass is 177 g/mol. The average molecular weight is 177 g/mol. The van der Waals surface area contributed by atoms with Gasteiger partial charge in [0.05, 0.1) is 0 Å². The molecule has 0 aliphatic carbocycles. The molecule has 0 radical (unpaired) electrons. The van der Waals surface area contributed by atoms with Crippen LogP contribution in [0.2, 0.25) is 0 Å². The Hall–Kier alpha value is -0.950. The first-order chi connectivity index (χ1) is 6.08. The van der Waals surface area contributed by atoms with Crippen molar-refractivity contribution in [2.45, 2.75) is 27.4 Å². The molecule has 1 nitrogen and oxygen atoms in total. The van der Waals surface area contributed by atoms with Crippen LogP contribution in [0, 0.1) is 12.0 Å². The van der Waals surface area contributed by atoms with E-state index in [2.05, 4.69) is 32.9 Å². The Bertz CT molecular complexity index is 233. The molecular weight excluding hydrogens is 160 g/mol. The summed E-state index contributed by atoms with van der Waals surface area (Å²) in [5.41, 5.74) is 1.34. The molecule has 0 aliphatic heterocycles. The summed E-state index contributed by atoms with van der Waals surface area (Å²) in [6.07, 6.45) is 0. The van der Waals surface area contributed by atoms with Gasteiger partial charge in [-0.3, -0.25) is 0 Å². The van der Waals surface area contributed by atoms with Gasteiger partial charge in [-0.2, -0.15) is 4.74 Å². The maximum absolute atomic E-state index is 5.46. The van der Waals surface area contributed by atoms with Gasteiger partial charge in [-0.05, 0) is 26.3 Å². The Morgan fingerprint density at radius 3 is 2.31 bits per heavy atom. The van der Waals surface area contributed by atoms with Crippen molar-refractivity contribution < 1.29 is 4.74 Å². The summed E-state index contributed by atoms with van der Waals surface area (Å²) < 4.78 is 5.46. The van der Waals surface area contributed by atoms with Gasteiger partial charge in [0.15, 0.2) is 0 Å². The lowest BCUT2D eigenvalue weighted by Gasteiger charge is -2.06. The van der Waals surface area contributed by atoms with Crippen LogP contribution in [0.4, 0.5) is 0 Å². The Balaban J connectivity index is 2.29. The minimum absolute atomic E-state index is 0.134. The minimum atomic E-state index is 0.134. The van der Waals surface area contributed by atoms with Crippen molar-refractivity contribution >= 4 is 0 Å².